The van der Waals surface area contributed by atoms with Crippen molar-refractivity contribution in [3.05, 3.63) is 61.2 Å². The molecule has 12 heteroatoms. The largest absolute Gasteiger partial charge is 0.463 e. The lowest BCUT2D eigenvalue weighted by atomic mass is 9.70. The minimum Gasteiger partial charge on any atom is -0.463 e. The molecule has 4 saturated heterocycles. The van der Waals surface area contributed by atoms with Gasteiger partial charge in [0.1, 0.15) is 18.2 Å². The van der Waals surface area contributed by atoms with Crippen LogP contribution in [0, 0.1) is 11.8 Å². The summed E-state index contributed by atoms with van der Waals surface area (Å²) in [7, 11) is 0. The Bertz CT molecular complexity index is 1320. The van der Waals surface area contributed by atoms with Gasteiger partial charge in [0.2, 0.25) is 17.7 Å². The van der Waals surface area contributed by atoms with Crippen LogP contribution in [0.4, 0.5) is 0 Å². The third-order valence-electron chi connectivity index (χ3n) is 10.3. The summed E-state index contributed by atoms with van der Waals surface area (Å²) in [5, 5.41) is 12.4. The maximum Gasteiger partial charge on any atom is 0.306 e. The highest BCUT2D eigenvalue weighted by Crippen LogP contribution is 2.58. The number of nitrogens with one attached hydrogen (secondary N) is 1. The summed E-state index contributed by atoms with van der Waals surface area (Å²) in [6, 6.07) is 7.77. The minimum atomic E-state index is -1.13. The molecule has 4 aliphatic heterocycles. The zero-order valence-electron chi connectivity index (χ0n) is 28.5. The number of esters is 1. The third kappa shape index (κ3) is 8.25. The Hall–Kier alpha value is -3.58. The number of aliphatic hydroxyl groups is 1. The molecule has 5 rings (SSSR count). The van der Waals surface area contributed by atoms with Crippen molar-refractivity contribution >= 4 is 23.7 Å². The summed E-state index contributed by atoms with van der Waals surface area (Å²) in [5.74, 6) is -2.81. The molecule has 1 spiro atoms. The van der Waals surface area contributed by atoms with Crippen LogP contribution in [0.2, 0.25) is 0 Å². The molecule has 0 aliphatic carbocycles. The Morgan fingerprint density at radius 2 is 1.88 bits per heavy atom. The van der Waals surface area contributed by atoms with Crippen molar-refractivity contribution < 1.29 is 38.5 Å². The number of likely N-dealkylation sites (tertiary alicyclic amines) is 1. The van der Waals surface area contributed by atoms with Gasteiger partial charge in [-0.2, -0.15) is 0 Å². The van der Waals surface area contributed by atoms with E-state index in [9.17, 15) is 24.3 Å². The van der Waals surface area contributed by atoms with E-state index in [0.717, 1.165) is 18.7 Å². The van der Waals surface area contributed by atoms with Gasteiger partial charge in [0.05, 0.1) is 37.2 Å². The Morgan fingerprint density at radius 1 is 1.10 bits per heavy atom. The smallest absolute Gasteiger partial charge is 0.306 e. The van der Waals surface area contributed by atoms with Gasteiger partial charge in [-0.3, -0.25) is 24.1 Å². The summed E-state index contributed by atoms with van der Waals surface area (Å²) < 4.78 is 17.7. The number of allylic oxidation sites excluding steroid dienone is 1. The number of ether oxygens (including phenoxy) is 3. The second-order valence-electron chi connectivity index (χ2n) is 13.4. The Labute approximate surface area is 289 Å². The van der Waals surface area contributed by atoms with Gasteiger partial charge >= 0.3 is 5.97 Å². The van der Waals surface area contributed by atoms with Gasteiger partial charge in [0.15, 0.2) is 0 Å². The zero-order valence-corrected chi connectivity index (χ0v) is 28.5. The molecule has 12 nitrogen and oxygen atoms in total. The van der Waals surface area contributed by atoms with Crippen LogP contribution in [0.15, 0.2) is 55.6 Å². The fourth-order valence-electron chi connectivity index (χ4n) is 7.89. The number of carbonyl (C=O) groups excluding carboxylic acids is 4. The van der Waals surface area contributed by atoms with E-state index >= 15 is 0 Å². The van der Waals surface area contributed by atoms with E-state index in [0.29, 0.717) is 77.9 Å². The molecule has 0 radical (unpaired) electrons. The number of unbranched alkanes of at least 4 members (excludes halogenated alkanes) is 2. The summed E-state index contributed by atoms with van der Waals surface area (Å²) in [6.45, 7) is 12.2. The van der Waals surface area contributed by atoms with Gasteiger partial charge in [-0.25, -0.2) is 0 Å². The summed E-state index contributed by atoms with van der Waals surface area (Å²) in [4.78, 5) is 61.3. The first-order valence-corrected chi connectivity index (χ1v) is 17.8. The second kappa shape index (κ2) is 17.4. The molecule has 0 saturated carbocycles. The lowest BCUT2D eigenvalue weighted by Crippen LogP contribution is -2.57. The summed E-state index contributed by atoms with van der Waals surface area (Å²) in [6.07, 6.45) is 6.46. The number of amides is 3. The first-order chi connectivity index (χ1) is 23.8. The first-order valence-electron chi connectivity index (χ1n) is 17.8. The van der Waals surface area contributed by atoms with E-state index in [1.165, 1.54) is 0 Å². The van der Waals surface area contributed by atoms with Crippen LogP contribution in [0.5, 0.6) is 0 Å². The van der Waals surface area contributed by atoms with Crippen LogP contribution in [-0.2, 0) is 33.4 Å². The molecule has 6 atom stereocenters. The van der Waals surface area contributed by atoms with Crippen LogP contribution >= 0.6 is 0 Å². The Morgan fingerprint density at radius 3 is 2.59 bits per heavy atom. The van der Waals surface area contributed by atoms with E-state index in [4.69, 9.17) is 14.2 Å². The molecule has 0 aromatic heterocycles. The molecule has 2 N–H and O–H groups in total. The van der Waals surface area contributed by atoms with Gasteiger partial charge in [-0.15, -0.1) is 13.2 Å². The van der Waals surface area contributed by atoms with Gasteiger partial charge in [0, 0.05) is 52.3 Å². The quantitative estimate of drug-likeness (QED) is 0.128. The van der Waals surface area contributed by atoms with Crippen LogP contribution in [-0.4, -0.2) is 127 Å². The van der Waals surface area contributed by atoms with Crippen molar-refractivity contribution in [2.45, 2.75) is 68.7 Å². The molecule has 2 bridgehead atoms. The number of nitrogens with zero attached hydrogens (tertiary/aromatic N) is 3. The number of carbonyl (C=O) groups is 4. The van der Waals surface area contributed by atoms with Crippen LogP contribution in [0.25, 0.3) is 0 Å². The van der Waals surface area contributed by atoms with Crippen molar-refractivity contribution in [1.82, 2.24) is 20.0 Å². The van der Waals surface area contributed by atoms with Crippen molar-refractivity contribution in [3.8, 4) is 0 Å². The van der Waals surface area contributed by atoms with E-state index < -0.39 is 35.6 Å². The molecular weight excluding hydrogens is 628 g/mol. The number of hydrogen-bond donors (Lipinski definition) is 2. The average Bonchev–Trinajstić information content (AvgIpc) is 3.77. The zero-order chi connectivity index (χ0) is 34.8. The minimum absolute atomic E-state index is 0.0523. The standard InChI is InChI=1S/C37H52N4O8/c1-3-5-14-30(43)48-26-28(27-12-8-6-9-13-27)38-34(44)31-29-15-16-37(49-29)32(31)35(45)41(18-10-7-11-23-42)33(37)36(46)40(17-4-2)20-19-39-21-24-47-25-22-39/h3-4,6,8-9,12-13,28-29,31-33,42H,1-2,5,7,10-11,14-26H2,(H,38,44)/t28-,29-,31+,32+,33-,37+/m0/s1. The molecule has 3 amide bonds. The van der Waals surface area contributed by atoms with Crippen molar-refractivity contribution in [1.29, 1.82) is 0 Å². The highest BCUT2D eigenvalue weighted by molar-refractivity contribution is 5.99. The Balaban J connectivity index is 1.38. The lowest BCUT2D eigenvalue weighted by molar-refractivity contribution is -0.148. The molecule has 1 aromatic rings. The topological polar surface area (TPSA) is 138 Å². The summed E-state index contributed by atoms with van der Waals surface area (Å²) in [5.41, 5.74) is -0.363. The van der Waals surface area contributed by atoms with Gasteiger partial charge in [-0.1, -0.05) is 42.5 Å². The molecule has 4 heterocycles. The monoisotopic (exact) mass is 680 g/mol. The number of rotatable bonds is 19. The number of hydrogen-bond acceptors (Lipinski definition) is 9. The molecule has 0 unspecified atom stereocenters. The van der Waals surface area contributed by atoms with E-state index in [2.05, 4.69) is 23.4 Å². The molecular formula is C37H52N4O8. The van der Waals surface area contributed by atoms with Crippen molar-refractivity contribution in [3.63, 3.8) is 0 Å². The normalized spacial score (nSPS) is 26.6. The Kier molecular flexibility index (Phi) is 13.0. The second-order valence-corrected chi connectivity index (χ2v) is 13.4. The number of aliphatic hydroxyl groups excluding tert-OH is 1. The molecule has 4 fully saturated rings. The number of fused-ring (bicyclic) bond motifs is 1. The maximum absolute atomic E-state index is 14.6. The van der Waals surface area contributed by atoms with E-state index in [-0.39, 0.29) is 43.3 Å². The molecule has 4 aliphatic rings. The number of morpholine rings is 1. The number of benzene rings is 1. The van der Waals surface area contributed by atoms with E-state index in [1.54, 1.807) is 22.0 Å². The van der Waals surface area contributed by atoms with Gasteiger partial charge in [0.25, 0.3) is 0 Å². The lowest BCUT2D eigenvalue weighted by Gasteiger charge is -2.37. The van der Waals surface area contributed by atoms with Gasteiger partial charge in [-0.05, 0) is 44.1 Å². The summed E-state index contributed by atoms with van der Waals surface area (Å²) >= 11 is 0. The SMILES string of the molecule is C=CCCC(=O)OC[C@H](NC(=O)[C@@H]1[C@@H]2CC[C@]3(O2)[C@H](C(=O)N(CC=C)CCN2CCOCC2)N(CCCCCO)C(=O)[C@@H]13)c1ccccc1. The fraction of sp³-hybridized carbons (Fsp3) is 0.622. The van der Waals surface area contributed by atoms with Crippen molar-refractivity contribution in [2.24, 2.45) is 11.8 Å². The fourth-order valence-corrected chi connectivity index (χ4v) is 7.89. The third-order valence-corrected chi connectivity index (χ3v) is 10.3. The maximum atomic E-state index is 14.6. The predicted molar refractivity (Wildman–Crippen MR) is 182 cm³/mol. The van der Waals surface area contributed by atoms with Gasteiger partial charge < -0.3 is 34.4 Å². The molecule has 268 valence electrons. The van der Waals surface area contributed by atoms with E-state index in [1.807, 2.05) is 30.3 Å². The molecule has 1 aromatic carbocycles. The first kappa shape index (κ1) is 36.7. The van der Waals surface area contributed by atoms with Crippen LogP contribution < -0.4 is 5.32 Å². The van der Waals surface area contributed by atoms with Crippen LogP contribution in [0.3, 0.4) is 0 Å². The highest BCUT2D eigenvalue weighted by Gasteiger charge is 2.74. The van der Waals surface area contributed by atoms with Crippen molar-refractivity contribution in [2.75, 3.05) is 65.7 Å². The average molecular weight is 681 g/mol. The molecule has 49 heavy (non-hydrogen) atoms. The predicted octanol–water partition coefficient (Wildman–Crippen LogP) is 2.24. The van der Waals surface area contributed by atoms with Crippen LogP contribution in [0.1, 0.15) is 56.6 Å². The highest BCUT2D eigenvalue weighted by atomic mass is 16.5.